The number of hydrogen-bond donors (Lipinski definition) is 1. The van der Waals surface area contributed by atoms with Crippen molar-refractivity contribution in [3.63, 3.8) is 0 Å². The van der Waals surface area contributed by atoms with Crippen molar-refractivity contribution in [2.45, 2.75) is 39.7 Å². The molecule has 0 saturated carbocycles. The Morgan fingerprint density at radius 2 is 1.46 bits per heavy atom. The van der Waals surface area contributed by atoms with Gasteiger partial charge in [-0.2, -0.15) is 0 Å². The predicted octanol–water partition coefficient (Wildman–Crippen LogP) is 5.40. The first kappa shape index (κ1) is 31.2. The minimum atomic E-state index is -0.0220. The third-order valence-corrected chi connectivity index (χ3v) is 5.63. The number of aliphatic hydroxyl groups excluding tert-OH is 1. The number of benzene rings is 1. The SMILES string of the molecule is C=O.C=O.CC.CN1CCC(O)CC1.Cc1cncc(-c2ccc3nccc(-c4ccncc4)c3c2)c1. The zero-order valence-electron chi connectivity index (χ0n) is 22.3. The third-order valence-electron chi connectivity index (χ3n) is 5.63. The van der Waals surface area contributed by atoms with Crippen LogP contribution in [0.4, 0.5) is 0 Å². The summed E-state index contributed by atoms with van der Waals surface area (Å²) in [5.74, 6) is 0. The lowest BCUT2D eigenvalue weighted by atomic mass is 9.98. The van der Waals surface area contributed by atoms with Gasteiger partial charge in [0.25, 0.3) is 0 Å². The molecule has 4 aromatic rings. The molecule has 3 aromatic heterocycles. The summed E-state index contributed by atoms with van der Waals surface area (Å²) >= 11 is 0. The molecule has 1 N–H and O–H groups in total. The Bertz CT molecular complexity index is 1170. The second kappa shape index (κ2) is 17.6. The number of pyridine rings is 3. The van der Waals surface area contributed by atoms with Gasteiger partial charge in [-0.3, -0.25) is 15.0 Å². The summed E-state index contributed by atoms with van der Waals surface area (Å²) in [5.41, 5.74) is 6.73. The number of carbonyl (C=O) groups is 2. The second-order valence-corrected chi connectivity index (χ2v) is 8.11. The van der Waals surface area contributed by atoms with E-state index in [1.54, 1.807) is 0 Å². The van der Waals surface area contributed by atoms with Crippen molar-refractivity contribution < 1.29 is 14.7 Å². The number of aromatic nitrogens is 3. The molecule has 7 nitrogen and oxygen atoms in total. The van der Waals surface area contributed by atoms with Crippen LogP contribution in [0, 0.1) is 6.92 Å². The lowest BCUT2D eigenvalue weighted by Gasteiger charge is -2.25. The molecule has 0 atom stereocenters. The Hall–Kier alpha value is -3.81. The molecule has 1 saturated heterocycles. The van der Waals surface area contributed by atoms with Crippen molar-refractivity contribution >= 4 is 24.5 Å². The van der Waals surface area contributed by atoms with Crippen LogP contribution >= 0.6 is 0 Å². The van der Waals surface area contributed by atoms with Gasteiger partial charge in [0.05, 0.1) is 11.6 Å². The van der Waals surface area contributed by atoms with E-state index in [2.05, 4.69) is 64.2 Å². The van der Waals surface area contributed by atoms with E-state index < -0.39 is 0 Å². The number of likely N-dealkylation sites (tertiary alicyclic amines) is 1. The van der Waals surface area contributed by atoms with Crippen LogP contribution in [0.3, 0.4) is 0 Å². The molecule has 196 valence electrons. The number of carbonyl (C=O) groups excluding carboxylic acids is 2. The highest BCUT2D eigenvalue weighted by Crippen LogP contribution is 2.30. The predicted molar refractivity (Wildman–Crippen MR) is 151 cm³/mol. The van der Waals surface area contributed by atoms with Gasteiger partial charge >= 0.3 is 0 Å². The second-order valence-electron chi connectivity index (χ2n) is 8.11. The zero-order valence-corrected chi connectivity index (χ0v) is 22.3. The largest absolute Gasteiger partial charge is 0.393 e. The number of rotatable bonds is 2. The van der Waals surface area contributed by atoms with Crippen LogP contribution in [-0.4, -0.2) is 64.8 Å². The first-order valence-corrected chi connectivity index (χ1v) is 12.3. The summed E-state index contributed by atoms with van der Waals surface area (Å²) in [7, 11) is 2.09. The quantitative estimate of drug-likeness (QED) is 0.392. The maximum Gasteiger partial charge on any atom is 0.106 e. The van der Waals surface area contributed by atoms with E-state index in [4.69, 9.17) is 14.7 Å². The molecule has 1 fully saturated rings. The molecular formula is C30H38N4O3. The fourth-order valence-electron chi connectivity index (χ4n) is 3.82. The van der Waals surface area contributed by atoms with Crippen molar-refractivity contribution in [1.29, 1.82) is 0 Å². The van der Waals surface area contributed by atoms with Crippen molar-refractivity contribution in [2.75, 3.05) is 20.1 Å². The first-order chi connectivity index (χ1) is 18.1. The summed E-state index contributed by atoms with van der Waals surface area (Å²) in [5, 5.41) is 10.1. The van der Waals surface area contributed by atoms with E-state index in [1.165, 1.54) is 5.56 Å². The smallest absolute Gasteiger partial charge is 0.106 e. The molecule has 1 aromatic carbocycles. The molecule has 0 aliphatic carbocycles. The van der Waals surface area contributed by atoms with E-state index >= 15 is 0 Å². The van der Waals surface area contributed by atoms with E-state index in [0.29, 0.717) is 0 Å². The Kier molecular flexibility index (Phi) is 14.8. The lowest BCUT2D eigenvalue weighted by Crippen LogP contribution is -2.32. The summed E-state index contributed by atoms with van der Waals surface area (Å²) in [6, 6.07) is 14.6. The van der Waals surface area contributed by atoms with E-state index in [-0.39, 0.29) is 6.10 Å². The Balaban J connectivity index is 0.000000410. The molecule has 1 aliphatic heterocycles. The minimum absolute atomic E-state index is 0.0220. The lowest BCUT2D eigenvalue weighted by molar-refractivity contribution is -0.0987. The fourth-order valence-corrected chi connectivity index (χ4v) is 3.82. The van der Waals surface area contributed by atoms with Crippen LogP contribution in [0.25, 0.3) is 33.2 Å². The van der Waals surface area contributed by atoms with Gasteiger partial charge in [0.1, 0.15) is 13.6 Å². The molecule has 0 radical (unpaired) electrons. The molecule has 0 bridgehead atoms. The molecule has 5 rings (SSSR count). The Labute approximate surface area is 220 Å². The molecular weight excluding hydrogens is 464 g/mol. The van der Waals surface area contributed by atoms with E-state index in [9.17, 15) is 0 Å². The maximum atomic E-state index is 9.00. The molecule has 4 heterocycles. The summed E-state index contributed by atoms with van der Waals surface area (Å²) in [4.78, 5) is 31.1. The van der Waals surface area contributed by atoms with Crippen LogP contribution in [0.15, 0.2) is 73.4 Å². The fraction of sp³-hybridized carbons (Fsp3) is 0.300. The molecule has 37 heavy (non-hydrogen) atoms. The number of aryl methyl sites for hydroxylation is 1. The van der Waals surface area contributed by atoms with Gasteiger partial charge in [-0.1, -0.05) is 19.9 Å². The molecule has 0 spiro atoms. The van der Waals surface area contributed by atoms with E-state index in [0.717, 1.165) is 59.1 Å². The van der Waals surface area contributed by atoms with Crippen molar-refractivity contribution in [3.05, 3.63) is 79.0 Å². The highest BCUT2D eigenvalue weighted by atomic mass is 16.3. The molecule has 7 heteroatoms. The van der Waals surface area contributed by atoms with Gasteiger partial charge in [-0.25, -0.2) is 0 Å². The highest BCUT2D eigenvalue weighted by Gasteiger charge is 2.12. The van der Waals surface area contributed by atoms with Crippen LogP contribution in [0.1, 0.15) is 32.3 Å². The average Bonchev–Trinajstić information content (AvgIpc) is 2.98. The summed E-state index contributed by atoms with van der Waals surface area (Å²) < 4.78 is 0. The topological polar surface area (TPSA) is 96.3 Å². The normalized spacial score (nSPS) is 12.8. The third kappa shape index (κ3) is 9.63. The maximum absolute atomic E-state index is 9.00. The number of piperidine rings is 1. The van der Waals surface area contributed by atoms with Gasteiger partial charge < -0.3 is 19.6 Å². The van der Waals surface area contributed by atoms with Crippen molar-refractivity contribution in [2.24, 2.45) is 0 Å². The highest BCUT2D eigenvalue weighted by molar-refractivity contribution is 5.96. The van der Waals surface area contributed by atoms with E-state index in [1.807, 2.05) is 70.5 Å². The number of fused-ring (bicyclic) bond motifs is 1. The molecule has 0 amide bonds. The number of nitrogens with zero attached hydrogens (tertiary/aromatic N) is 4. The minimum Gasteiger partial charge on any atom is -0.393 e. The van der Waals surface area contributed by atoms with Crippen LogP contribution in [-0.2, 0) is 9.59 Å². The van der Waals surface area contributed by atoms with Gasteiger partial charge in [-0.05, 0) is 85.5 Å². The number of aliphatic hydroxyl groups is 1. The molecule has 0 unspecified atom stereocenters. The van der Waals surface area contributed by atoms with Crippen LogP contribution in [0.5, 0.6) is 0 Å². The zero-order chi connectivity index (χ0) is 27.6. The van der Waals surface area contributed by atoms with Gasteiger partial charge in [0.15, 0.2) is 0 Å². The average molecular weight is 503 g/mol. The standard InChI is InChI=1S/C20H15N3.C6H13NO.C2H6.2CH2O/c1-14-10-17(13-22-12-14)16-2-3-20-19(11-16)18(6-9-23-20)15-4-7-21-8-5-15;1-7-4-2-6(8)3-5-7;3*1-2/h2-13H,1H3;6,8H,2-5H2,1H3;1-2H3;2*1H2. The molecule has 1 aliphatic rings. The summed E-state index contributed by atoms with van der Waals surface area (Å²) in [6.07, 6.45) is 11.1. The Morgan fingerprint density at radius 1 is 0.811 bits per heavy atom. The first-order valence-electron chi connectivity index (χ1n) is 12.3. The Morgan fingerprint density at radius 3 is 2.05 bits per heavy atom. The van der Waals surface area contributed by atoms with Crippen LogP contribution < -0.4 is 0 Å². The van der Waals surface area contributed by atoms with Crippen molar-refractivity contribution in [3.8, 4) is 22.3 Å². The van der Waals surface area contributed by atoms with Crippen LogP contribution in [0.2, 0.25) is 0 Å². The van der Waals surface area contributed by atoms with Gasteiger partial charge in [-0.15, -0.1) is 0 Å². The number of hydrogen-bond acceptors (Lipinski definition) is 7. The van der Waals surface area contributed by atoms with Gasteiger partial charge in [0.2, 0.25) is 0 Å². The van der Waals surface area contributed by atoms with Gasteiger partial charge in [0, 0.05) is 55.0 Å². The van der Waals surface area contributed by atoms with Crippen molar-refractivity contribution in [1.82, 2.24) is 19.9 Å². The summed E-state index contributed by atoms with van der Waals surface area (Å²) in [6.45, 7) is 12.2. The monoisotopic (exact) mass is 502 g/mol.